The predicted molar refractivity (Wildman–Crippen MR) is 103 cm³/mol. The number of carbonyl (C=O) groups excluding carboxylic acids is 2. The topological polar surface area (TPSA) is 74.3 Å². The summed E-state index contributed by atoms with van der Waals surface area (Å²) in [5, 5.41) is 7.02. The fraction of sp³-hybridized carbons (Fsp3) is 0.389. The molecule has 0 atom stereocenters. The van der Waals surface area contributed by atoms with Crippen LogP contribution in [0, 0.1) is 5.92 Å². The Balaban J connectivity index is 1.39. The number of nitrogens with one attached hydrogen (secondary N) is 2. The largest absolute Gasteiger partial charge is 0.322 e. The number of amides is 3. The van der Waals surface area contributed by atoms with E-state index in [2.05, 4.69) is 15.6 Å². The van der Waals surface area contributed by atoms with Crippen molar-refractivity contribution in [1.29, 1.82) is 0 Å². The van der Waals surface area contributed by atoms with E-state index in [9.17, 15) is 9.59 Å². The summed E-state index contributed by atoms with van der Waals surface area (Å²) in [4.78, 5) is 31.9. The molecule has 4 rings (SSSR count). The maximum absolute atomic E-state index is 12.5. The van der Waals surface area contributed by atoms with E-state index in [1.165, 1.54) is 11.3 Å². The van der Waals surface area contributed by atoms with Crippen LogP contribution in [0.1, 0.15) is 29.8 Å². The third-order valence-corrected chi connectivity index (χ3v) is 6.03. The van der Waals surface area contributed by atoms with Crippen LogP contribution in [-0.2, 0) is 17.8 Å². The number of halogens is 1. The lowest BCUT2D eigenvalue weighted by molar-refractivity contribution is -0.122. The number of aromatic nitrogens is 1. The summed E-state index contributed by atoms with van der Waals surface area (Å²) < 4.78 is 0. The number of benzene rings is 1. The van der Waals surface area contributed by atoms with Crippen molar-refractivity contribution in [2.45, 2.75) is 32.2 Å². The fourth-order valence-corrected chi connectivity index (χ4v) is 4.29. The zero-order valence-corrected chi connectivity index (χ0v) is 15.7. The lowest BCUT2D eigenvalue weighted by Crippen LogP contribution is -2.38. The van der Waals surface area contributed by atoms with Crippen LogP contribution in [0.25, 0.3) is 0 Å². The van der Waals surface area contributed by atoms with Crippen LogP contribution >= 0.6 is 22.9 Å². The molecule has 1 fully saturated rings. The zero-order valence-electron chi connectivity index (χ0n) is 14.1. The molecule has 1 saturated carbocycles. The zero-order chi connectivity index (χ0) is 18.1. The molecule has 1 aromatic heterocycles. The van der Waals surface area contributed by atoms with Gasteiger partial charge in [0.15, 0.2) is 5.13 Å². The van der Waals surface area contributed by atoms with E-state index in [0.717, 1.165) is 29.8 Å². The maximum Gasteiger partial charge on any atom is 0.322 e. The lowest BCUT2D eigenvalue weighted by Gasteiger charge is -2.26. The van der Waals surface area contributed by atoms with Gasteiger partial charge in [-0.3, -0.25) is 4.79 Å². The highest BCUT2D eigenvalue weighted by Crippen LogP contribution is 2.31. The summed E-state index contributed by atoms with van der Waals surface area (Å²) in [7, 11) is 0. The molecular formula is C18H19ClN4O2S. The van der Waals surface area contributed by atoms with Gasteiger partial charge in [0.05, 0.1) is 12.2 Å². The number of thiazole rings is 1. The van der Waals surface area contributed by atoms with Gasteiger partial charge in [-0.25, -0.2) is 9.78 Å². The standard InChI is InChI=1S/C18H19ClN4O2S/c19-12-5-2-6-13(9-12)20-18(25)23-8-7-14-15(10-23)26-17(21-14)22-16(24)11-3-1-4-11/h2,5-6,9,11H,1,3-4,7-8,10H2,(H,20,25)(H,21,22,24). The molecule has 2 heterocycles. The number of hydrogen-bond acceptors (Lipinski definition) is 4. The molecule has 26 heavy (non-hydrogen) atoms. The Morgan fingerprint density at radius 1 is 1.27 bits per heavy atom. The monoisotopic (exact) mass is 390 g/mol. The number of nitrogens with zero attached hydrogens (tertiary/aromatic N) is 2. The van der Waals surface area contributed by atoms with Gasteiger partial charge in [-0.15, -0.1) is 0 Å². The Bertz CT molecular complexity index is 849. The molecule has 3 amide bonds. The van der Waals surface area contributed by atoms with Gasteiger partial charge in [0.25, 0.3) is 0 Å². The van der Waals surface area contributed by atoms with E-state index in [0.29, 0.717) is 35.4 Å². The van der Waals surface area contributed by atoms with Gasteiger partial charge in [-0.05, 0) is 31.0 Å². The van der Waals surface area contributed by atoms with Crippen LogP contribution in [0.3, 0.4) is 0 Å². The average Bonchev–Trinajstić information content (AvgIpc) is 2.94. The first-order valence-electron chi connectivity index (χ1n) is 8.69. The van der Waals surface area contributed by atoms with Gasteiger partial charge in [0.1, 0.15) is 0 Å². The summed E-state index contributed by atoms with van der Waals surface area (Å²) >= 11 is 7.42. The molecular weight excluding hydrogens is 372 g/mol. The molecule has 1 aliphatic carbocycles. The number of urea groups is 1. The highest BCUT2D eigenvalue weighted by molar-refractivity contribution is 7.15. The predicted octanol–water partition coefficient (Wildman–Crippen LogP) is 4.13. The van der Waals surface area contributed by atoms with Crippen LogP contribution in [0.15, 0.2) is 24.3 Å². The van der Waals surface area contributed by atoms with E-state index in [1.54, 1.807) is 29.2 Å². The van der Waals surface area contributed by atoms with Crippen LogP contribution in [0.4, 0.5) is 15.6 Å². The minimum Gasteiger partial charge on any atom is -0.319 e. The number of anilines is 2. The molecule has 0 spiro atoms. The van der Waals surface area contributed by atoms with Gasteiger partial charge in [0.2, 0.25) is 5.91 Å². The Morgan fingerprint density at radius 2 is 2.12 bits per heavy atom. The van der Waals surface area contributed by atoms with E-state index < -0.39 is 0 Å². The minimum absolute atomic E-state index is 0.0675. The van der Waals surface area contributed by atoms with Crippen LogP contribution in [0.2, 0.25) is 5.02 Å². The molecule has 2 N–H and O–H groups in total. The van der Waals surface area contributed by atoms with Gasteiger partial charge in [-0.2, -0.15) is 0 Å². The molecule has 136 valence electrons. The Kier molecular flexibility index (Phi) is 4.82. The summed E-state index contributed by atoms with van der Waals surface area (Å²) in [5.74, 6) is 0.203. The molecule has 0 radical (unpaired) electrons. The van der Waals surface area contributed by atoms with Crippen LogP contribution in [0.5, 0.6) is 0 Å². The molecule has 1 aliphatic heterocycles. The molecule has 2 aliphatic rings. The number of rotatable bonds is 3. The quantitative estimate of drug-likeness (QED) is 0.827. The average molecular weight is 391 g/mol. The highest BCUT2D eigenvalue weighted by Gasteiger charge is 2.28. The van der Waals surface area contributed by atoms with E-state index in [1.807, 2.05) is 0 Å². The Hall–Kier alpha value is -2.12. The Labute approximate surface area is 160 Å². The van der Waals surface area contributed by atoms with Crippen LogP contribution in [-0.4, -0.2) is 28.4 Å². The minimum atomic E-state index is -0.161. The van der Waals surface area contributed by atoms with Gasteiger partial charge >= 0.3 is 6.03 Å². The van der Waals surface area contributed by atoms with Crippen molar-refractivity contribution in [1.82, 2.24) is 9.88 Å². The van der Waals surface area contributed by atoms with Crippen molar-refractivity contribution in [3.63, 3.8) is 0 Å². The third-order valence-electron chi connectivity index (χ3n) is 4.80. The van der Waals surface area contributed by atoms with Crippen molar-refractivity contribution in [2.75, 3.05) is 17.2 Å². The SMILES string of the molecule is O=C(Nc1nc2c(s1)CN(C(=O)Nc1cccc(Cl)c1)CC2)C1CCC1. The van der Waals surface area contributed by atoms with Crippen molar-refractivity contribution in [3.8, 4) is 0 Å². The molecule has 8 heteroatoms. The molecule has 0 bridgehead atoms. The second-order valence-electron chi connectivity index (χ2n) is 6.62. The first kappa shape index (κ1) is 17.3. The van der Waals surface area contributed by atoms with Gasteiger partial charge in [-0.1, -0.05) is 35.4 Å². The summed E-state index contributed by atoms with van der Waals surface area (Å²) in [6.45, 7) is 1.10. The molecule has 6 nitrogen and oxygen atoms in total. The van der Waals surface area contributed by atoms with E-state index in [-0.39, 0.29) is 17.9 Å². The van der Waals surface area contributed by atoms with Crippen LogP contribution < -0.4 is 10.6 Å². The number of carbonyl (C=O) groups is 2. The summed E-state index contributed by atoms with van der Waals surface area (Å²) in [6.07, 6.45) is 3.75. The van der Waals surface area contributed by atoms with E-state index in [4.69, 9.17) is 11.6 Å². The number of fused-ring (bicyclic) bond motifs is 1. The van der Waals surface area contributed by atoms with Gasteiger partial charge < -0.3 is 15.5 Å². The highest BCUT2D eigenvalue weighted by atomic mass is 35.5. The second kappa shape index (κ2) is 7.25. The van der Waals surface area contributed by atoms with Crippen molar-refractivity contribution < 1.29 is 9.59 Å². The molecule has 0 unspecified atom stereocenters. The van der Waals surface area contributed by atoms with Gasteiger partial charge in [0, 0.05) is 34.5 Å². The summed E-state index contributed by atoms with van der Waals surface area (Å²) in [5.41, 5.74) is 1.65. The first-order valence-corrected chi connectivity index (χ1v) is 9.89. The molecule has 1 aromatic carbocycles. The number of hydrogen-bond donors (Lipinski definition) is 2. The lowest BCUT2D eigenvalue weighted by atomic mass is 9.85. The normalized spacial score (nSPS) is 16.6. The second-order valence-corrected chi connectivity index (χ2v) is 8.14. The maximum atomic E-state index is 12.5. The van der Waals surface area contributed by atoms with Crippen molar-refractivity contribution in [2.24, 2.45) is 5.92 Å². The Morgan fingerprint density at radius 3 is 2.85 bits per heavy atom. The van der Waals surface area contributed by atoms with Crippen molar-refractivity contribution >= 4 is 45.7 Å². The van der Waals surface area contributed by atoms with Crippen molar-refractivity contribution in [3.05, 3.63) is 39.9 Å². The fourth-order valence-electron chi connectivity index (χ4n) is 3.07. The molecule has 2 aromatic rings. The first-order chi connectivity index (χ1) is 12.6. The smallest absolute Gasteiger partial charge is 0.319 e. The summed E-state index contributed by atoms with van der Waals surface area (Å²) in [6, 6.07) is 6.93. The molecule has 0 saturated heterocycles. The van der Waals surface area contributed by atoms with E-state index >= 15 is 0 Å². The third kappa shape index (κ3) is 3.68.